The summed E-state index contributed by atoms with van der Waals surface area (Å²) < 4.78 is 7.62. The number of ether oxygens (including phenoxy) is 1. The van der Waals surface area contributed by atoms with Crippen molar-refractivity contribution in [2.45, 2.75) is 25.5 Å². The topological polar surface area (TPSA) is 56.2 Å². The number of hydrogen-bond acceptors (Lipinski definition) is 3. The van der Waals surface area contributed by atoms with E-state index in [-0.39, 0.29) is 6.23 Å². The van der Waals surface area contributed by atoms with E-state index >= 15 is 0 Å². The first kappa shape index (κ1) is 11.2. The number of fused-ring (bicyclic) bond motifs is 1. The zero-order valence-corrected chi connectivity index (χ0v) is 10.0. The van der Waals surface area contributed by atoms with Crippen molar-refractivity contribution in [2.24, 2.45) is 0 Å². The highest BCUT2D eigenvalue weighted by molar-refractivity contribution is 5.94. The highest BCUT2D eigenvalue weighted by atomic mass is 16.5. The van der Waals surface area contributed by atoms with Gasteiger partial charge < -0.3 is 10.1 Å². The lowest BCUT2D eigenvalue weighted by molar-refractivity contribution is -0.105. The van der Waals surface area contributed by atoms with E-state index < -0.39 is 0 Å². The Balaban J connectivity index is 2.07. The molecule has 1 aromatic carbocycles. The molecule has 18 heavy (non-hydrogen) atoms. The molecule has 1 aliphatic heterocycles. The van der Waals surface area contributed by atoms with Crippen LogP contribution < -0.4 is 5.32 Å². The first-order chi connectivity index (χ1) is 8.90. The molecular formula is C13H15N3O2. The van der Waals surface area contributed by atoms with Gasteiger partial charge in [0.1, 0.15) is 0 Å². The van der Waals surface area contributed by atoms with Gasteiger partial charge in [0, 0.05) is 12.0 Å². The van der Waals surface area contributed by atoms with Crippen LogP contribution in [0.1, 0.15) is 25.5 Å². The summed E-state index contributed by atoms with van der Waals surface area (Å²) >= 11 is 0. The van der Waals surface area contributed by atoms with E-state index in [0.29, 0.717) is 6.41 Å². The Kier molecular flexibility index (Phi) is 2.98. The van der Waals surface area contributed by atoms with Crippen LogP contribution in [0.3, 0.4) is 0 Å². The number of nitrogens with zero attached hydrogens (tertiary/aromatic N) is 2. The van der Waals surface area contributed by atoms with Gasteiger partial charge in [0.15, 0.2) is 6.23 Å². The number of benzene rings is 1. The molecular weight excluding hydrogens is 230 g/mol. The van der Waals surface area contributed by atoms with Gasteiger partial charge in [-0.2, -0.15) is 5.10 Å². The average molecular weight is 245 g/mol. The SMILES string of the molecule is O=CNc1cccc2cnn(C3CCCCO3)c12. The molecule has 3 rings (SSSR count). The van der Waals surface area contributed by atoms with Crippen LogP contribution in [0.2, 0.25) is 0 Å². The van der Waals surface area contributed by atoms with Gasteiger partial charge in [0.05, 0.1) is 17.4 Å². The summed E-state index contributed by atoms with van der Waals surface area (Å²) in [6, 6.07) is 5.76. The van der Waals surface area contributed by atoms with Crippen LogP contribution in [0.15, 0.2) is 24.4 Å². The Bertz CT molecular complexity index is 558. The first-order valence-corrected chi connectivity index (χ1v) is 6.18. The number of aromatic nitrogens is 2. The van der Waals surface area contributed by atoms with Crippen molar-refractivity contribution in [2.75, 3.05) is 11.9 Å². The third-order valence-corrected chi connectivity index (χ3v) is 3.26. The number of hydrogen-bond donors (Lipinski definition) is 1. The largest absolute Gasteiger partial charge is 0.356 e. The van der Waals surface area contributed by atoms with Gasteiger partial charge in [-0.05, 0) is 25.3 Å². The first-order valence-electron chi connectivity index (χ1n) is 6.18. The van der Waals surface area contributed by atoms with Crippen molar-refractivity contribution in [1.29, 1.82) is 0 Å². The predicted molar refractivity (Wildman–Crippen MR) is 68.3 cm³/mol. The lowest BCUT2D eigenvalue weighted by atomic mass is 10.2. The molecule has 1 unspecified atom stereocenters. The van der Waals surface area contributed by atoms with Gasteiger partial charge in [0.25, 0.3) is 0 Å². The van der Waals surface area contributed by atoms with Crippen LogP contribution >= 0.6 is 0 Å². The van der Waals surface area contributed by atoms with Gasteiger partial charge in [-0.25, -0.2) is 4.68 Å². The van der Waals surface area contributed by atoms with Crippen LogP contribution in [-0.2, 0) is 9.53 Å². The summed E-state index contributed by atoms with van der Waals surface area (Å²) in [5.74, 6) is 0. The van der Waals surface area contributed by atoms with Crippen LogP contribution in [-0.4, -0.2) is 22.8 Å². The Morgan fingerprint density at radius 1 is 1.44 bits per heavy atom. The molecule has 0 aliphatic carbocycles. The van der Waals surface area contributed by atoms with Gasteiger partial charge in [-0.1, -0.05) is 12.1 Å². The molecule has 1 aromatic heterocycles. The number of rotatable bonds is 3. The fraction of sp³-hybridized carbons (Fsp3) is 0.385. The predicted octanol–water partition coefficient (Wildman–Crippen LogP) is 2.30. The quantitative estimate of drug-likeness (QED) is 0.844. The van der Waals surface area contributed by atoms with Crippen LogP contribution in [0.5, 0.6) is 0 Å². The molecule has 2 heterocycles. The van der Waals surface area contributed by atoms with E-state index in [1.807, 2.05) is 29.1 Å². The second-order valence-electron chi connectivity index (χ2n) is 4.42. The standard InChI is InChI=1S/C13H15N3O2/c17-9-14-11-5-3-4-10-8-15-16(13(10)11)12-6-1-2-7-18-12/h3-5,8-9,12H,1-2,6-7H2,(H,14,17). The maximum absolute atomic E-state index is 10.7. The Morgan fingerprint density at radius 3 is 3.17 bits per heavy atom. The molecule has 94 valence electrons. The number of para-hydroxylation sites is 1. The fourth-order valence-electron chi connectivity index (χ4n) is 2.42. The van der Waals surface area contributed by atoms with Gasteiger partial charge >= 0.3 is 0 Å². The second-order valence-corrected chi connectivity index (χ2v) is 4.42. The van der Waals surface area contributed by atoms with Gasteiger partial charge in [0.2, 0.25) is 6.41 Å². The van der Waals surface area contributed by atoms with E-state index in [1.54, 1.807) is 0 Å². The van der Waals surface area contributed by atoms with Crippen LogP contribution in [0.25, 0.3) is 10.9 Å². The summed E-state index contributed by atoms with van der Waals surface area (Å²) in [6.45, 7) is 0.773. The molecule has 0 spiro atoms. The minimum atomic E-state index is -0.0224. The molecule has 1 saturated heterocycles. The summed E-state index contributed by atoms with van der Waals surface area (Å²) in [7, 11) is 0. The normalized spacial score (nSPS) is 19.9. The van der Waals surface area contributed by atoms with Crippen molar-refractivity contribution in [3.05, 3.63) is 24.4 Å². The molecule has 1 amide bonds. The van der Waals surface area contributed by atoms with Crippen LogP contribution in [0, 0.1) is 0 Å². The Labute approximate surface area is 105 Å². The molecule has 1 N–H and O–H groups in total. The highest BCUT2D eigenvalue weighted by Gasteiger charge is 2.19. The molecule has 1 fully saturated rings. The zero-order valence-electron chi connectivity index (χ0n) is 10.0. The van der Waals surface area contributed by atoms with Gasteiger partial charge in [-0.15, -0.1) is 0 Å². The van der Waals surface area contributed by atoms with E-state index in [0.717, 1.165) is 42.5 Å². The Hall–Kier alpha value is -1.88. The number of anilines is 1. The number of carbonyl (C=O) groups excluding carboxylic acids is 1. The molecule has 0 saturated carbocycles. The maximum Gasteiger partial charge on any atom is 0.211 e. The Morgan fingerprint density at radius 2 is 2.39 bits per heavy atom. The van der Waals surface area contributed by atoms with Crippen molar-refractivity contribution in [1.82, 2.24) is 9.78 Å². The lowest BCUT2D eigenvalue weighted by Crippen LogP contribution is -2.19. The third kappa shape index (κ3) is 1.86. The highest BCUT2D eigenvalue weighted by Crippen LogP contribution is 2.29. The molecule has 2 aromatic rings. The van der Waals surface area contributed by atoms with Crippen molar-refractivity contribution >= 4 is 23.0 Å². The third-order valence-electron chi connectivity index (χ3n) is 3.26. The van der Waals surface area contributed by atoms with Crippen molar-refractivity contribution in [3.8, 4) is 0 Å². The molecule has 5 nitrogen and oxygen atoms in total. The van der Waals surface area contributed by atoms with Crippen LogP contribution in [0.4, 0.5) is 5.69 Å². The zero-order chi connectivity index (χ0) is 12.4. The monoisotopic (exact) mass is 245 g/mol. The average Bonchev–Trinajstić information content (AvgIpc) is 2.85. The second kappa shape index (κ2) is 4.78. The van der Waals surface area contributed by atoms with E-state index in [4.69, 9.17) is 4.74 Å². The van der Waals surface area contributed by atoms with E-state index in [1.165, 1.54) is 0 Å². The molecule has 0 bridgehead atoms. The van der Waals surface area contributed by atoms with Gasteiger partial charge in [-0.3, -0.25) is 4.79 Å². The summed E-state index contributed by atoms with van der Waals surface area (Å²) in [5, 5.41) is 8.13. The molecule has 0 radical (unpaired) electrons. The smallest absolute Gasteiger partial charge is 0.211 e. The summed E-state index contributed by atoms with van der Waals surface area (Å²) in [5.41, 5.74) is 1.70. The minimum Gasteiger partial charge on any atom is -0.356 e. The lowest BCUT2D eigenvalue weighted by Gasteiger charge is -2.24. The molecule has 1 aliphatic rings. The van der Waals surface area contributed by atoms with E-state index in [9.17, 15) is 4.79 Å². The maximum atomic E-state index is 10.7. The summed E-state index contributed by atoms with van der Waals surface area (Å²) in [4.78, 5) is 10.7. The summed E-state index contributed by atoms with van der Waals surface area (Å²) in [6.07, 6.45) is 5.69. The molecule has 5 heteroatoms. The van der Waals surface area contributed by atoms with Crippen molar-refractivity contribution < 1.29 is 9.53 Å². The van der Waals surface area contributed by atoms with Crippen molar-refractivity contribution in [3.63, 3.8) is 0 Å². The number of carbonyl (C=O) groups is 1. The van der Waals surface area contributed by atoms with E-state index in [2.05, 4.69) is 10.4 Å². The fourth-order valence-corrected chi connectivity index (χ4v) is 2.42. The number of nitrogens with one attached hydrogen (secondary N) is 1. The minimum absolute atomic E-state index is 0.0224. The number of amides is 1. The molecule has 1 atom stereocenters.